The van der Waals surface area contributed by atoms with Crippen LogP contribution in [0.5, 0.6) is 11.5 Å². The number of rotatable bonds is 8. The van der Waals surface area contributed by atoms with Crippen LogP contribution in [0, 0.1) is 0 Å². The van der Waals surface area contributed by atoms with Gasteiger partial charge in [0.05, 0.1) is 13.2 Å². The average Bonchev–Trinajstić information content (AvgIpc) is 2.58. The summed E-state index contributed by atoms with van der Waals surface area (Å²) in [7, 11) is 0. The van der Waals surface area contributed by atoms with E-state index in [0.717, 1.165) is 0 Å². The Balaban J connectivity index is 1.68. The summed E-state index contributed by atoms with van der Waals surface area (Å²) >= 11 is 12.1. The Kier molecular flexibility index (Phi) is 7.37. The summed E-state index contributed by atoms with van der Waals surface area (Å²) in [5.41, 5.74) is 0.696. The molecule has 0 saturated carbocycles. The van der Waals surface area contributed by atoms with Crippen molar-refractivity contribution in [3.63, 3.8) is 0 Å². The average molecular weight is 385 g/mol. The van der Waals surface area contributed by atoms with Gasteiger partial charge in [0.25, 0.3) is 0 Å². The number of phenolic OH excluding ortho intramolecular Hbond substituents is 1. The van der Waals surface area contributed by atoms with Crippen molar-refractivity contribution < 1.29 is 24.1 Å². The standard InChI is InChI=1S/C18H18Cl2O5/c1-12(25-14-7-5-13(21)6-8-14)18(22)24-10-9-23-11-15-16(19)3-2-4-17(15)20/h2-8,12,21H,9-11H2,1H3. The van der Waals surface area contributed by atoms with Crippen molar-refractivity contribution in [2.75, 3.05) is 13.2 Å². The van der Waals surface area contributed by atoms with E-state index in [9.17, 15) is 9.90 Å². The van der Waals surface area contributed by atoms with Gasteiger partial charge in [0.1, 0.15) is 18.1 Å². The molecule has 25 heavy (non-hydrogen) atoms. The van der Waals surface area contributed by atoms with Crippen LogP contribution >= 0.6 is 23.2 Å². The molecule has 0 amide bonds. The third kappa shape index (κ3) is 6.12. The van der Waals surface area contributed by atoms with E-state index in [1.807, 2.05) is 0 Å². The molecule has 2 aromatic carbocycles. The molecule has 1 unspecified atom stereocenters. The van der Waals surface area contributed by atoms with E-state index in [-0.39, 0.29) is 25.6 Å². The van der Waals surface area contributed by atoms with Crippen LogP contribution < -0.4 is 4.74 Å². The highest BCUT2D eigenvalue weighted by atomic mass is 35.5. The quantitative estimate of drug-likeness (QED) is 0.544. The van der Waals surface area contributed by atoms with Crippen LogP contribution in [0.2, 0.25) is 10.0 Å². The van der Waals surface area contributed by atoms with Gasteiger partial charge >= 0.3 is 5.97 Å². The molecule has 1 atom stereocenters. The first-order valence-corrected chi connectivity index (χ1v) is 8.36. The van der Waals surface area contributed by atoms with Crippen molar-refractivity contribution >= 4 is 29.2 Å². The molecule has 0 heterocycles. The first-order chi connectivity index (χ1) is 12.0. The summed E-state index contributed by atoms with van der Waals surface area (Å²) in [5.74, 6) is 0.0812. The van der Waals surface area contributed by atoms with E-state index < -0.39 is 12.1 Å². The molecule has 0 bridgehead atoms. The lowest BCUT2D eigenvalue weighted by Crippen LogP contribution is -2.27. The van der Waals surface area contributed by atoms with Gasteiger partial charge in [-0.3, -0.25) is 0 Å². The summed E-state index contributed by atoms with van der Waals surface area (Å²) in [6.07, 6.45) is -0.775. The third-order valence-corrected chi connectivity index (χ3v) is 3.97. The molecule has 2 rings (SSSR count). The maximum Gasteiger partial charge on any atom is 0.347 e. The number of esters is 1. The van der Waals surface area contributed by atoms with E-state index in [2.05, 4.69) is 0 Å². The van der Waals surface area contributed by atoms with Crippen LogP contribution in [0.3, 0.4) is 0 Å². The largest absolute Gasteiger partial charge is 0.508 e. The van der Waals surface area contributed by atoms with Crippen LogP contribution in [-0.2, 0) is 20.9 Å². The fourth-order valence-electron chi connectivity index (χ4n) is 1.94. The highest BCUT2D eigenvalue weighted by molar-refractivity contribution is 6.35. The molecule has 0 saturated heterocycles. The minimum Gasteiger partial charge on any atom is -0.508 e. The van der Waals surface area contributed by atoms with Crippen LogP contribution in [0.4, 0.5) is 0 Å². The predicted octanol–water partition coefficient (Wildman–Crippen LogP) is 4.23. The van der Waals surface area contributed by atoms with E-state index >= 15 is 0 Å². The molecule has 2 aromatic rings. The number of hydrogen-bond donors (Lipinski definition) is 1. The van der Waals surface area contributed by atoms with Gasteiger partial charge in [0, 0.05) is 15.6 Å². The van der Waals surface area contributed by atoms with E-state index in [1.54, 1.807) is 37.3 Å². The fourth-order valence-corrected chi connectivity index (χ4v) is 2.45. The minimum atomic E-state index is -0.775. The van der Waals surface area contributed by atoms with Gasteiger partial charge in [0.15, 0.2) is 6.10 Å². The second-order valence-corrected chi connectivity index (χ2v) is 5.99. The number of ether oxygens (including phenoxy) is 3. The Bertz CT molecular complexity index is 683. The maximum absolute atomic E-state index is 11.9. The van der Waals surface area contributed by atoms with E-state index in [0.29, 0.717) is 21.4 Å². The van der Waals surface area contributed by atoms with Crippen molar-refractivity contribution in [3.05, 3.63) is 58.1 Å². The first kappa shape index (κ1) is 19.4. The number of carbonyl (C=O) groups excluding carboxylic acids is 1. The van der Waals surface area contributed by atoms with Crippen LogP contribution in [0.25, 0.3) is 0 Å². The summed E-state index contributed by atoms with van der Waals surface area (Å²) in [6, 6.07) is 11.3. The predicted molar refractivity (Wildman–Crippen MR) is 95.3 cm³/mol. The molecule has 5 nitrogen and oxygen atoms in total. The summed E-state index contributed by atoms with van der Waals surface area (Å²) in [4.78, 5) is 11.9. The Morgan fingerprint density at radius 3 is 2.36 bits per heavy atom. The molecule has 7 heteroatoms. The van der Waals surface area contributed by atoms with Gasteiger partial charge in [-0.1, -0.05) is 29.3 Å². The Morgan fingerprint density at radius 2 is 1.72 bits per heavy atom. The number of aromatic hydroxyl groups is 1. The highest BCUT2D eigenvalue weighted by Gasteiger charge is 2.16. The molecule has 0 radical (unpaired) electrons. The number of halogens is 2. The normalized spacial score (nSPS) is 11.8. The Hall–Kier alpha value is -1.95. The van der Waals surface area contributed by atoms with Crippen LogP contribution in [0.1, 0.15) is 12.5 Å². The molecular weight excluding hydrogens is 367 g/mol. The minimum absolute atomic E-state index is 0.0875. The lowest BCUT2D eigenvalue weighted by Gasteiger charge is -2.14. The molecular formula is C18H18Cl2O5. The summed E-state index contributed by atoms with van der Waals surface area (Å²) < 4.78 is 15.9. The number of benzene rings is 2. The smallest absolute Gasteiger partial charge is 0.347 e. The molecule has 0 spiro atoms. The van der Waals surface area contributed by atoms with Crippen molar-refractivity contribution in [2.45, 2.75) is 19.6 Å². The number of phenols is 1. The van der Waals surface area contributed by atoms with Gasteiger partial charge in [-0.2, -0.15) is 0 Å². The van der Waals surface area contributed by atoms with Crippen molar-refractivity contribution in [1.82, 2.24) is 0 Å². The maximum atomic E-state index is 11.9. The highest BCUT2D eigenvalue weighted by Crippen LogP contribution is 2.24. The third-order valence-electron chi connectivity index (χ3n) is 3.26. The van der Waals surface area contributed by atoms with Crippen molar-refractivity contribution in [2.24, 2.45) is 0 Å². The van der Waals surface area contributed by atoms with E-state index in [4.69, 9.17) is 37.4 Å². The molecule has 0 fully saturated rings. The van der Waals surface area contributed by atoms with E-state index in [1.165, 1.54) is 12.1 Å². The zero-order chi connectivity index (χ0) is 18.2. The lowest BCUT2D eigenvalue weighted by atomic mass is 10.2. The van der Waals surface area contributed by atoms with Gasteiger partial charge in [-0.05, 0) is 43.3 Å². The zero-order valence-corrected chi connectivity index (χ0v) is 15.1. The molecule has 1 N–H and O–H groups in total. The topological polar surface area (TPSA) is 65.0 Å². The van der Waals surface area contributed by atoms with Gasteiger partial charge in [-0.25, -0.2) is 4.79 Å². The molecule has 0 aliphatic carbocycles. The second-order valence-electron chi connectivity index (χ2n) is 5.17. The SMILES string of the molecule is CC(Oc1ccc(O)cc1)C(=O)OCCOCc1c(Cl)cccc1Cl. The molecule has 0 aromatic heterocycles. The Labute approximate surface area is 156 Å². The molecule has 0 aliphatic rings. The van der Waals surface area contributed by atoms with Gasteiger partial charge in [0.2, 0.25) is 0 Å². The van der Waals surface area contributed by atoms with Crippen LogP contribution in [-0.4, -0.2) is 30.4 Å². The van der Waals surface area contributed by atoms with Crippen LogP contribution in [0.15, 0.2) is 42.5 Å². The number of carbonyl (C=O) groups is 1. The van der Waals surface area contributed by atoms with Crippen molar-refractivity contribution in [3.8, 4) is 11.5 Å². The monoisotopic (exact) mass is 384 g/mol. The Morgan fingerprint density at radius 1 is 1.08 bits per heavy atom. The lowest BCUT2D eigenvalue weighted by molar-refractivity contribution is -0.152. The summed E-state index contributed by atoms with van der Waals surface area (Å²) in [5, 5.41) is 10.3. The van der Waals surface area contributed by atoms with Gasteiger partial charge < -0.3 is 19.3 Å². The fraction of sp³-hybridized carbons (Fsp3) is 0.278. The zero-order valence-electron chi connectivity index (χ0n) is 13.6. The summed E-state index contributed by atoms with van der Waals surface area (Å²) in [6.45, 7) is 2.11. The number of hydrogen-bond acceptors (Lipinski definition) is 5. The molecule has 134 valence electrons. The first-order valence-electron chi connectivity index (χ1n) is 7.60. The van der Waals surface area contributed by atoms with Gasteiger partial charge in [-0.15, -0.1) is 0 Å². The second kappa shape index (κ2) is 9.51. The molecule has 0 aliphatic heterocycles. The van der Waals surface area contributed by atoms with Crippen molar-refractivity contribution in [1.29, 1.82) is 0 Å².